The van der Waals surface area contributed by atoms with Gasteiger partial charge in [-0.25, -0.2) is 0 Å². The molecule has 0 fully saturated rings. The standard InChI is InChI=1S/C14H23N5O/c15-12(7-4-9-19-14(16)17)13(20)18-10-8-11-5-2-1-3-6-11/h1-3,5-6,12H,4,7-10,15H2,(H,18,20)(H4,16,17,19). The maximum atomic E-state index is 11.7. The van der Waals surface area contributed by atoms with Crippen molar-refractivity contribution in [2.45, 2.75) is 25.3 Å². The van der Waals surface area contributed by atoms with Crippen LogP contribution < -0.4 is 22.5 Å². The Morgan fingerprint density at radius 2 is 1.95 bits per heavy atom. The molecule has 1 aromatic rings. The number of carbonyl (C=O) groups excluding carboxylic acids is 1. The number of hydrogen-bond donors (Lipinski definition) is 4. The summed E-state index contributed by atoms with van der Waals surface area (Å²) in [5, 5.41) is 2.83. The number of amides is 1. The van der Waals surface area contributed by atoms with Crippen LogP contribution in [0.2, 0.25) is 0 Å². The molecule has 1 amide bonds. The molecule has 1 aromatic carbocycles. The molecule has 0 aliphatic heterocycles. The minimum Gasteiger partial charge on any atom is -0.370 e. The average molecular weight is 277 g/mol. The highest BCUT2D eigenvalue weighted by Crippen LogP contribution is 1.99. The first kappa shape index (κ1) is 16.0. The van der Waals surface area contributed by atoms with Crippen LogP contribution in [0, 0.1) is 0 Å². The lowest BCUT2D eigenvalue weighted by Gasteiger charge is -2.11. The number of nitrogens with zero attached hydrogens (tertiary/aromatic N) is 1. The van der Waals surface area contributed by atoms with Crippen LogP contribution in [0.3, 0.4) is 0 Å². The van der Waals surface area contributed by atoms with E-state index in [1.807, 2.05) is 30.3 Å². The Labute approximate surface area is 119 Å². The fraction of sp³-hybridized carbons (Fsp3) is 0.429. The number of aliphatic imine (C=N–C) groups is 1. The minimum atomic E-state index is -0.514. The Morgan fingerprint density at radius 3 is 2.60 bits per heavy atom. The molecule has 0 radical (unpaired) electrons. The van der Waals surface area contributed by atoms with Crippen molar-refractivity contribution in [3.05, 3.63) is 35.9 Å². The molecular formula is C14H23N5O. The van der Waals surface area contributed by atoms with E-state index >= 15 is 0 Å². The van der Waals surface area contributed by atoms with Crippen molar-refractivity contribution in [3.63, 3.8) is 0 Å². The molecule has 0 heterocycles. The smallest absolute Gasteiger partial charge is 0.236 e. The highest BCUT2D eigenvalue weighted by atomic mass is 16.2. The van der Waals surface area contributed by atoms with Crippen molar-refractivity contribution in [1.82, 2.24) is 5.32 Å². The van der Waals surface area contributed by atoms with E-state index in [2.05, 4.69) is 10.3 Å². The van der Waals surface area contributed by atoms with Crippen molar-refractivity contribution in [2.75, 3.05) is 13.1 Å². The van der Waals surface area contributed by atoms with Gasteiger partial charge in [0.15, 0.2) is 5.96 Å². The number of benzene rings is 1. The molecule has 1 rings (SSSR count). The first-order valence-corrected chi connectivity index (χ1v) is 6.72. The molecule has 1 unspecified atom stereocenters. The van der Waals surface area contributed by atoms with Crippen molar-refractivity contribution < 1.29 is 4.79 Å². The molecule has 6 nitrogen and oxygen atoms in total. The van der Waals surface area contributed by atoms with Crippen molar-refractivity contribution in [3.8, 4) is 0 Å². The molecule has 7 N–H and O–H groups in total. The van der Waals surface area contributed by atoms with Gasteiger partial charge in [0.1, 0.15) is 0 Å². The monoisotopic (exact) mass is 277 g/mol. The van der Waals surface area contributed by atoms with Gasteiger partial charge in [-0.05, 0) is 24.8 Å². The van der Waals surface area contributed by atoms with Gasteiger partial charge in [-0.15, -0.1) is 0 Å². The summed E-state index contributed by atoms with van der Waals surface area (Å²) < 4.78 is 0. The van der Waals surface area contributed by atoms with Crippen LogP contribution in [0.5, 0.6) is 0 Å². The van der Waals surface area contributed by atoms with E-state index in [-0.39, 0.29) is 11.9 Å². The Morgan fingerprint density at radius 1 is 1.25 bits per heavy atom. The van der Waals surface area contributed by atoms with Gasteiger partial charge in [-0.1, -0.05) is 30.3 Å². The van der Waals surface area contributed by atoms with E-state index in [9.17, 15) is 4.79 Å². The molecule has 0 spiro atoms. The van der Waals surface area contributed by atoms with Crippen LogP contribution in [-0.4, -0.2) is 31.0 Å². The summed E-state index contributed by atoms with van der Waals surface area (Å²) in [4.78, 5) is 15.6. The van der Waals surface area contributed by atoms with Gasteiger partial charge in [-0.2, -0.15) is 0 Å². The van der Waals surface area contributed by atoms with Gasteiger partial charge in [0.2, 0.25) is 5.91 Å². The van der Waals surface area contributed by atoms with Crippen LogP contribution in [0.15, 0.2) is 35.3 Å². The summed E-state index contributed by atoms with van der Waals surface area (Å²) in [6.45, 7) is 1.08. The number of nitrogens with two attached hydrogens (primary N) is 3. The molecule has 0 aliphatic rings. The van der Waals surface area contributed by atoms with Crippen LogP contribution in [0.25, 0.3) is 0 Å². The number of carbonyl (C=O) groups is 1. The lowest BCUT2D eigenvalue weighted by atomic mass is 10.1. The molecule has 20 heavy (non-hydrogen) atoms. The van der Waals surface area contributed by atoms with Gasteiger partial charge in [0.25, 0.3) is 0 Å². The third kappa shape index (κ3) is 6.75. The predicted octanol–water partition coefficient (Wildman–Crippen LogP) is -0.274. The number of hydrogen-bond acceptors (Lipinski definition) is 3. The van der Waals surface area contributed by atoms with E-state index in [1.165, 1.54) is 5.56 Å². The lowest BCUT2D eigenvalue weighted by molar-refractivity contribution is -0.122. The Balaban J connectivity index is 2.17. The third-order valence-electron chi connectivity index (χ3n) is 2.86. The molecule has 1 atom stereocenters. The van der Waals surface area contributed by atoms with Crippen LogP contribution in [0.4, 0.5) is 0 Å². The summed E-state index contributed by atoms with van der Waals surface area (Å²) in [5.41, 5.74) is 17.4. The number of nitrogens with one attached hydrogen (secondary N) is 1. The normalized spacial score (nSPS) is 11.7. The molecule has 0 aliphatic carbocycles. The van der Waals surface area contributed by atoms with Crippen LogP contribution in [0.1, 0.15) is 18.4 Å². The molecule has 0 saturated carbocycles. The summed E-state index contributed by atoms with van der Waals surface area (Å²) in [7, 11) is 0. The zero-order valence-electron chi connectivity index (χ0n) is 11.6. The van der Waals surface area contributed by atoms with Crippen molar-refractivity contribution >= 4 is 11.9 Å². The molecule has 0 saturated heterocycles. The summed E-state index contributed by atoms with van der Waals surface area (Å²) in [5.74, 6) is -0.0727. The maximum absolute atomic E-state index is 11.7. The summed E-state index contributed by atoms with van der Waals surface area (Å²) >= 11 is 0. The molecule has 0 bridgehead atoms. The lowest BCUT2D eigenvalue weighted by Crippen LogP contribution is -2.41. The fourth-order valence-corrected chi connectivity index (χ4v) is 1.76. The largest absolute Gasteiger partial charge is 0.370 e. The summed E-state index contributed by atoms with van der Waals surface area (Å²) in [6, 6.07) is 9.47. The Kier molecular flexibility index (Phi) is 7.13. The SMILES string of the molecule is NC(N)=NCCCC(N)C(=O)NCCc1ccccc1. The zero-order chi connectivity index (χ0) is 14.8. The molecular weight excluding hydrogens is 254 g/mol. The van der Waals surface area contributed by atoms with Gasteiger partial charge < -0.3 is 22.5 Å². The van der Waals surface area contributed by atoms with Crippen molar-refractivity contribution in [2.24, 2.45) is 22.2 Å². The van der Waals surface area contributed by atoms with Crippen molar-refractivity contribution in [1.29, 1.82) is 0 Å². The van der Waals surface area contributed by atoms with E-state index < -0.39 is 6.04 Å². The van der Waals surface area contributed by atoms with Gasteiger partial charge in [0, 0.05) is 13.1 Å². The highest BCUT2D eigenvalue weighted by molar-refractivity contribution is 5.81. The second kappa shape index (κ2) is 8.92. The average Bonchev–Trinajstić information content (AvgIpc) is 2.44. The maximum Gasteiger partial charge on any atom is 0.236 e. The quantitative estimate of drug-likeness (QED) is 0.297. The minimum absolute atomic E-state index is 0.0610. The van der Waals surface area contributed by atoms with Gasteiger partial charge >= 0.3 is 0 Å². The Bertz CT molecular complexity index is 428. The summed E-state index contributed by atoms with van der Waals surface area (Å²) in [6.07, 6.45) is 2.05. The number of rotatable bonds is 8. The van der Waals surface area contributed by atoms with Gasteiger partial charge in [0.05, 0.1) is 6.04 Å². The molecule has 6 heteroatoms. The van der Waals surface area contributed by atoms with E-state index in [0.29, 0.717) is 25.9 Å². The predicted molar refractivity (Wildman–Crippen MR) is 81.0 cm³/mol. The first-order chi connectivity index (χ1) is 9.59. The highest BCUT2D eigenvalue weighted by Gasteiger charge is 2.11. The zero-order valence-corrected chi connectivity index (χ0v) is 11.6. The van der Waals surface area contributed by atoms with E-state index in [0.717, 1.165) is 6.42 Å². The Hall–Kier alpha value is -2.08. The second-order valence-electron chi connectivity index (χ2n) is 4.58. The van der Waals surface area contributed by atoms with Gasteiger partial charge in [-0.3, -0.25) is 9.79 Å². The topological polar surface area (TPSA) is 120 Å². The van der Waals surface area contributed by atoms with E-state index in [4.69, 9.17) is 17.2 Å². The fourth-order valence-electron chi connectivity index (χ4n) is 1.76. The van der Waals surface area contributed by atoms with Crippen LogP contribution >= 0.6 is 0 Å². The first-order valence-electron chi connectivity index (χ1n) is 6.72. The second-order valence-corrected chi connectivity index (χ2v) is 4.58. The molecule has 110 valence electrons. The van der Waals surface area contributed by atoms with E-state index in [1.54, 1.807) is 0 Å². The number of guanidine groups is 1. The van der Waals surface area contributed by atoms with Crippen LogP contribution in [-0.2, 0) is 11.2 Å². The third-order valence-corrected chi connectivity index (χ3v) is 2.86. The molecule has 0 aromatic heterocycles.